The SMILES string of the molecule is Cc1ccc(C)c(C(=O)Nc2cccc3c(=O)n(C(O)C4CCCCC4)ccc23)c1. The zero-order valence-corrected chi connectivity index (χ0v) is 17.5. The molecule has 0 spiro atoms. The molecule has 0 aliphatic heterocycles. The highest BCUT2D eigenvalue weighted by Gasteiger charge is 2.24. The van der Waals surface area contributed by atoms with Crippen LogP contribution in [0.3, 0.4) is 0 Å². The first kappa shape index (κ1) is 20.4. The Morgan fingerprint density at radius 2 is 1.83 bits per heavy atom. The maximum absolute atomic E-state index is 13.1. The smallest absolute Gasteiger partial charge is 0.260 e. The van der Waals surface area contributed by atoms with Crippen molar-refractivity contribution in [3.63, 3.8) is 0 Å². The van der Waals surface area contributed by atoms with Crippen LogP contribution >= 0.6 is 0 Å². The summed E-state index contributed by atoms with van der Waals surface area (Å²) >= 11 is 0. The molecule has 1 fully saturated rings. The van der Waals surface area contributed by atoms with Crippen molar-refractivity contribution < 1.29 is 9.90 Å². The molecule has 30 heavy (non-hydrogen) atoms. The van der Waals surface area contributed by atoms with Gasteiger partial charge in [-0.3, -0.25) is 14.2 Å². The van der Waals surface area contributed by atoms with Crippen LogP contribution in [0.5, 0.6) is 0 Å². The number of fused-ring (bicyclic) bond motifs is 1. The summed E-state index contributed by atoms with van der Waals surface area (Å²) in [6.45, 7) is 3.86. The molecule has 5 heteroatoms. The molecule has 2 aromatic carbocycles. The maximum atomic E-state index is 13.1. The number of anilines is 1. The molecule has 0 bridgehead atoms. The average Bonchev–Trinajstić information content (AvgIpc) is 2.76. The van der Waals surface area contributed by atoms with Crippen LogP contribution < -0.4 is 10.9 Å². The van der Waals surface area contributed by atoms with Crippen molar-refractivity contribution in [2.45, 2.75) is 52.2 Å². The number of carbonyl (C=O) groups is 1. The highest BCUT2D eigenvalue weighted by Crippen LogP contribution is 2.31. The number of nitrogens with zero attached hydrogens (tertiary/aromatic N) is 1. The van der Waals surface area contributed by atoms with Crippen molar-refractivity contribution in [3.8, 4) is 0 Å². The minimum atomic E-state index is -0.810. The van der Waals surface area contributed by atoms with Crippen molar-refractivity contribution >= 4 is 22.4 Å². The first-order valence-electron chi connectivity index (χ1n) is 10.7. The van der Waals surface area contributed by atoms with Crippen molar-refractivity contribution in [2.75, 3.05) is 5.32 Å². The van der Waals surface area contributed by atoms with E-state index in [1.165, 1.54) is 11.0 Å². The van der Waals surface area contributed by atoms with E-state index < -0.39 is 6.23 Å². The number of nitrogens with one attached hydrogen (secondary N) is 1. The standard InChI is InChI=1S/C25H28N2O3/c1-16-11-12-17(2)21(15-16)23(28)26-22-10-6-9-20-19(22)13-14-27(25(20)30)24(29)18-7-4-3-5-8-18/h6,9-15,18,24,29H,3-5,7-8H2,1-2H3,(H,26,28). The van der Waals surface area contributed by atoms with Gasteiger partial charge in [-0.2, -0.15) is 0 Å². The highest BCUT2D eigenvalue weighted by atomic mass is 16.3. The van der Waals surface area contributed by atoms with E-state index in [1.54, 1.807) is 24.4 Å². The van der Waals surface area contributed by atoms with E-state index in [2.05, 4.69) is 5.32 Å². The lowest BCUT2D eigenvalue weighted by Gasteiger charge is -2.28. The van der Waals surface area contributed by atoms with Gasteiger partial charge in [-0.15, -0.1) is 0 Å². The van der Waals surface area contributed by atoms with Gasteiger partial charge in [-0.1, -0.05) is 43.0 Å². The number of hydrogen-bond donors (Lipinski definition) is 2. The fourth-order valence-corrected chi connectivity index (χ4v) is 4.44. The third kappa shape index (κ3) is 3.90. The molecule has 1 heterocycles. The van der Waals surface area contributed by atoms with E-state index in [0.717, 1.165) is 36.8 Å². The van der Waals surface area contributed by atoms with Crippen LogP contribution in [0.1, 0.15) is 59.8 Å². The van der Waals surface area contributed by atoms with Crippen molar-refractivity contribution in [1.82, 2.24) is 4.57 Å². The Hall–Kier alpha value is -2.92. The van der Waals surface area contributed by atoms with E-state index in [4.69, 9.17) is 0 Å². The summed E-state index contributed by atoms with van der Waals surface area (Å²) in [7, 11) is 0. The zero-order chi connectivity index (χ0) is 21.3. The number of aryl methyl sites for hydroxylation is 2. The molecule has 1 aliphatic rings. The van der Waals surface area contributed by atoms with Gasteiger partial charge in [0, 0.05) is 34.1 Å². The van der Waals surface area contributed by atoms with Gasteiger partial charge in [0.15, 0.2) is 0 Å². The molecule has 1 atom stereocenters. The van der Waals surface area contributed by atoms with E-state index in [9.17, 15) is 14.7 Å². The predicted molar refractivity (Wildman–Crippen MR) is 120 cm³/mol. The van der Waals surface area contributed by atoms with Crippen LogP contribution in [0, 0.1) is 19.8 Å². The normalized spacial score (nSPS) is 15.8. The molecule has 1 aromatic heterocycles. The summed E-state index contributed by atoms with van der Waals surface area (Å²) in [5.41, 5.74) is 2.90. The number of pyridine rings is 1. The van der Waals surface area contributed by atoms with Gasteiger partial charge in [0.1, 0.15) is 6.23 Å². The number of aliphatic hydroxyl groups is 1. The fraction of sp³-hybridized carbons (Fsp3) is 0.360. The molecule has 4 rings (SSSR count). The monoisotopic (exact) mass is 404 g/mol. The Morgan fingerprint density at radius 3 is 2.60 bits per heavy atom. The van der Waals surface area contributed by atoms with Gasteiger partial charge < -0.3 is 10.4 Å². The molecule has 5 nitrogen and oxygen atoms in total. The topological polar surface area (TPSA) is 71.3 Å². The third-order valence-electron chi connectivity index (χ3n) is 6.22. The van der Waals surface area contributed by atoms with Crippen molar-refractivity contribution in [2.24, 2.45) is 5.92 Å². The molecular formula is C25H28N2O3. The van der Waals surface area contributed by atoms with Gasteiger partial charge in [0.2, 0.25) is 0 Å². The van der Waals surface area contributed by atoms with Crippen LogP contribution in [0.4, 0.5) is 5.69 Å². The van der Waals surface area contributed by atoms with Crippen LogP contribution in [-0.4, -0.2) is 15.6 Å². The van der Waals surface area contributed by atoms with Gasteiger partial charge in [0.25, 0.3) is 11.5 Å². The van der Waals surface area contributed by atoms with Crippen molar-refractivity contribution in [1.29, 1.82) is 0 Å². The summed E-state index contributed by atoms with van der Waals surface area (Å²) in [5.74, 6) is -0.0869. The lowest BCUT2D eigenvalue weighted by atomic mass is 9.88. The van der Waals surface area contributed by atoms with Gasteiger partial charge in [0.05, 0.1) is 0 Å². The molecule has 0 radical (unpaired) electrons. The van der Waals surface area contributed by atoms with Crippen LogP contribution in [0.25, 0.3) is 10.8 Å². The first-order valence-corrected chi connectivity index (χ1v) is 10.7. The van der Waals surface area contributed by atoms with Gasteiger partial charge >= 0.3 is 0 Å². The Balaban J connectivity index is 1.67. The Morgan fingerprint density at radius 1 is 1.07 bits per heavy atom. The number of amides is 1. The summed E-state index contributed by atoms with van der Waals surface area (Å²) in [6, 6.07) is 12.9. The number of benzene rings is 2. The van der Waals surface area contributed by atoms with E-state index in [1.807, 2.05) is 38.1 Å². The molecular weight excluding hydrogens is 376 g/mol. The molecule has 2 N–H and O–H groups in total. The molecule has 3 aromatic rings. The van der Waals surface area contributed by atoms with Crippen LogP contribution in [0.15, 0.2) is 53.5 Å². The number of rotatable bonds is 4. The maximum Gasteiger partial charge on any atom is 0.260 e. The Labute approximate surface area is 176 Å². The Kier molecular flexibility index (Phi) is 5.73. The fourth-order valence-electron chi connectivity index (χ4n) is 4.44. The van der Waals surface area contributed by atoms with E-state index in [-0.39, 0.29) is 17.4 Å². The van der Waals surface area contributed by atoms with Gasteiger partial charge in [-0.25, -0.2) is 0 Å². The molecule has 156 valence electrons. The predicted octanol–water partition coefficient (Wildman–Crippen LogP) is 4.94. The lowest BCUT2D eigenvalue weighted by molar-refractivity contribution is 0.0210. The third-order valence-corrected chi connectivity index (χ3v) is 6.22. The molecule has 0 saturated heterocycles. The number of carbonyl (C=O) groups excluding carboxylic acids is 1. The average molecular weight is 405 g/mol. The second-order valence-corrected chi connectivity index (χ2v) is 8.38. The number of aromatic nitrogens is 1. The van der Waals surface area contributed by atoms with Crippen LogP contribution in [0.2, 0.25) is 0 Å². The molecule has 1 unspecified atom stereocenters. The summed E-state index contributed by atoms with van der Waals surface area (Å²) in [5, 5.41) is 14.9. The van der Waals surface area contributed by atoms with E-state index in [0.29, 0.717) is 22.0 Å². The Bertz CT molecular complexity index is 1140. The zero-order valence-electron chi connectivity index (χ0n) is 17.5. The first-order chi connectivity index (χ1) is 14.5. The molecule has 1 saturated carbocycles. The summed E-state index contributed by atoms with van der Waals surface area (Å²) in [4.78, 5) is 26.0. The quantitative estimate of drug-likeness (QED) is 0.647. The van der Waals surface area contributed by atoms with E-state index >= 15 is 0 Å². The lowest BCUT2D eigenvalue weighted by Crippen LogP contribution is -2.30. The largest absolute Gasteiger partial charge is 0.373 e. The number of aliphatic hydroxyl groups excluding tert-OH is 1. The summed E-state index contributed by atoms with van der Waals surface area (Å²) in [6.07, 6.45) is 6.11. The minimum Gasteiger partial charge on any atom is -0.373 e. The highest BCUT2D eigenvalue weighted by molar-refractivity contribution is 6.09. The second kappa shape index (κ2) is 8.44. The van der Waals surface area contributed by atoms with Crippen molar-refractivity contribution in [3.05, 3.63) is 75.7 Å². The minimum absolute atomic E-state index is 0.112. The molecule has 1 aliphatic carbocycles. The van der Waals surface area contributed by atoms with Crippen LogP contribution in [-0.2, 0) is 0 Å². The number of hydrogen-bond acceptors (Lipinski definition) is 3. The summed E-state index contributed by atoms with van der Waals surface area (Å²) < 4.78 is 1.44. The second-order valence-electron chi connectivity index (χ2n) is 8.38. The van der Waals surface area contributed by atoms with Gasteiger partial charge in [-0.05, 0) is 56.5 Å². The molecule has 1 amide bonds.